The summed E-state index contributed by atoms with van der Waals surface area (Å²) in [6, 6.07) is 9.30. The van der Waals surface area contributed by atoms with E-state index in [-0.39, 0.29) is 11.5 Å². The van der Waals surface area contributed by atoms with Crippen LogP contribution in [0.15, 0.2) is 42.5 Å². The number of nitrogens with zero attached hydrogens (tertiary/aromatic N) is 1. The zero-order chi connectivity index (χ0) is 17.7. The van der Waals surface area contributed by atoms with E-state index in [1.165, 1.54) is 6.92 Å². The van der Waals surface area contributed by atoms with Crippen LogP contribution in [0, 0.1) is 15.9 Å². The van der Waals surface area contributed by atoms with E-state index in [9.17, 15) is 19.3 Å². The molecule has 0 fully saturated rings. The number of nitro benzene ring substituents is 1. The molecule has 0 heterocycles. The largest absolute Gasteiger partial charge is 0.494 e. The fourth-order valence-corrected chi connectivity index (χ4v) is 2.09. The van der Waals surface area contributed by atoms with Crippen LogP contribution in [0.4, 0.5) is 10.1 Å². The van der Waals surface area contributed by atoms with Crippen molar-refractivity contribution in [3.63, 3.8) is 0 Å². The average molecular weight is 333 g/mol. The summed E-state index contributed by atoms with van der Waals surface area (Å²) in [5.74, 6) is -0.719. The molecule has 7 heteroatoms. The number of nitro groups is 1. The number of ketones is 1. The third-order valence-electron chi connectivity index (χ3n) is 3.24. The molecular weight excluding hydrogens is 317 g/mol. The third-order valence-corrected chi connectivity index (χ3v) is 3.24. The Hall–Kier alpha value is -2.96. The minimum atomic E-state index is -1.01. The number of rotatable bonds is 7. The minimum absolute atomic E-state index is 0.285. The second-order valence-corrected chi connectivity index (χ2v) is 4.95. The van der Waals surface area contributed by atoms with Crippen LogP contribution in [0.5, 0.6) is 11.5 Å². The van der Waals surface area contributed by atoms with Crippen molar-refractivity contribution < 1.29 is 23.6 Å². The fraction of sp³-hybridized carbons (Fsp3) is 0.235. The molecule has 24 heavy (non-hydrogen) atoms. The normalized spacial score (nSPS) is 11.6. The highest BCUT2D eigenvalue weighted by molar-refractivity contribution is 5.99. The molecule has 0 aliphatic carbocycles. The number of halogens is 1. The maximum absolute atomic E-state index is 13.3. The smallest absolute Gasteiger partial charge is 0.311 e. The van der Waals surface area contributed by atoms with Gasteiger partial charge in [-0.2, -0.15) is 0 Å². The molecule has 0 aliphatic rings. The lowest BCUT2D eigenvalue weighted by Crippen LogP contribution is -2.24. The molecule has 0 unspecified atom stereocenters. The van der Waals surface area contributed by atoms with E-state index >= 15 is 0 Å². The monoisotopic (exact) mass is 333 g/mol. The molecule has 0 aliphatic heterocycles. The SMILES string of the molecule is CCOc1ccc(C(=O)[C@H](C)Oc2cc(F)ccc2[N+](=O)[O-])cc1. The molecule has 0 bridgehead atoms. The number of hydrogen-bond acceptors (Lipinski definition) is 5. The number of hydrogen-bond donors (Lipinski definition) is 0. The highest BCUT2D eigenvalue weighted by atomic mass is 19.1. The van der Waals surface area contributed by atoms with E-state index in [1.54, 1.807) is 24.3 Å². The van der Waals surface area contributed by atoms with Gasteiger partial charge in [-0.15, -0.1) is 0 Å². The molecule has 0 aromatic heterocycles. The maximum Gasteiger partial charge on any atom is 0.311 e. The third kappa shape index (κ3) is 4.07. The van der Waals surface area contributed by atoms with Crippen molar-refractivity contribution >= 4 is 11.5 Å². The molecule has 126 valence electrons. The number of carbonyl (C=O) groups excluding carboxylic acids is 1. The standard InChI is InChI=1S/C17H16FNO5/c1-3-23-14-7-4-12(5-8-14)17(20)11(2)24-16-10-13(18)6-9-15(16)19(21)22/h4-11H,3H2,1-2H3/t11-/m0/s1. The highest BCUT2D eigenvalue weighted by Crippen LogP contribution is 2.29. The van der Waals surface area contributed by atoms with E-state index in [0.717, 1.165) is 18.2 Å². The molecule has 2 aromatic rings. The quantitative estimate of drug-likeness (QED) is 0.438. The van der Waals surface area contributed by atoms with Gasteiger partial charge < -0.3 is 9.47 Å². The van der Waals surface area contributed by atoms with Crippen molar-refractivity contribution in [1.29, 1.82) is 0 Å². The van der Waals surface area contributed by atoms with Crippen molar-refractivity contribution in [2.45, 2.75) is 20.0 Å². The summed E-state index contributed by atoms with van der Waals surface area (Å²) in [6.07, 6.45) is -1.01. The first kappa shape index (κ1) is 17.4. The van der Waals surface area contributed by atoms with Crippen LogP contribution >= 0.6 is 0 Å². The van der Waals surface area contributed by atoms with E-state index in [2.05, 4.69) is 0 Å². The fourth-order valence-electron chi connectivity index (χ4n) is 2.09. The van der Waals surface area contributed by atoms with Crippen LogP contribution in [-0.4, -0.2) is 23.4 Å². The van der Waals surface area contributed by atoms with Crippen LogP contribution in [-0.2, 0) is 0 Å². The van der Waals surface area contributed by atoms with E-state index in [1.807, 2.05) is 6.92 Å². The lowest BCUT2D eigenvalue weighted by molar-refractivity contribution is -0.386. The van der Waals surface area contributed by atoms with Gasteiger partial charge in [-0.3, -0.25) is 14.9 Å². The average Bonchev–Trinajstić information content (AvgIpc) is 2.55. The Balaban J connectivity index is 2.17. The van der Waals surface area contributed by atoms with Crippen molar-refractivity contribution in [1.82, 2.24) is 0 Å². The topological polar surface area (TPSA) is 78.7 Å². The summed E-state index contributed by atoms with van der Waals surface area (Å²) in [7, 11) is 0. The Morgan fingerprint density at radius 3 is 2.50 bits per heavy atom. The van der Waals surface area contributed by atoms with Crippen LogP contribution < -0.4 is 9.47 Å². The zero-order valence-corrected chi connectivity index (χ0v) is 13.2. The maximum atomic E-state index is 13.3. The molecule has 2 aromatic carbocycles. The Kier molecular flexibility index (Phi) is 5.47. The minimum Gasteiger partial charge on any atom is -0.494 e. The van der Waals surface area contributed by atoms with Crippen molar-refractivity contribution in [3.8, 4) is 11.5 Å². The second-order valence-electron chi connectivity index (χ2n) is 4.95. The molecule has 0 amide bonds. The first-order valence-corrected chi connectivity index (χ1v) is 7.30. The van der Waals surface area contributed by atoms with Crippen molar-refractivity contribution in [2.24, 2.45) is 0 Å². The first-order chi connectivity index (χ1) is 11.4. The van der Waals surface area contributed by atoms with Gasteiger partial charge in [-0.25, -0.2) is 4.39 Å². The Bertz CT molecular complexity index is 745. The summed E-state index contributed by atoms with van der Waals surface area (Å²) >= 11 is 0. The summed E-state index contributed by atoms with van der Waals surface area (Å²) in [4.78, 5) is 22.6. The van der Waals surface area contributed by atoms with Gasteiger partial charge in [0.2, 0.25) is 11.5 Å². The van der Waals surface area contributed by atoms with E-state index in [0.29, 0.717) is 17.9 Å². The van der Waals surface area contributed by atoms with Crippen LogP contribution in [0.1, 0.15) is 24.2 Å². The van der Waals surface area contributed by atoms with E-state index < -0.39 is 22.5 Å². The van der Waals surface area contributed by atoms with Gasteiger partial charge >= 0.3 is 5.69 Å². The molecule has 2 rings (SSSR count). The predicted octanol–water partition coefficient (Wildman–Crippen LogP) is 3.78. The Morgan fingerprint density at radius 1 is 1.25 bits per heavy atom. The number of benzene rings is 2. The van der Waals surface area contributed by atoms with Gasteiger partial charge in [0, 0.05) is 17.7 Å². The molecule has 0 radical (unpaired) electrons. The second kappa shape index (κ2) is 7.54. The van der Waals surface area contributed by atoms with Gasteiger partial charge in [0.15, 0.2) is 6.10 Å². The van der Waals surface area contributed by atoms with Gasteiger partial charge in [0.1, 0.15) is 11.6 Å². The zero-order valence-electron chi connectivity index (χ0n) is 13.2. The summed E-state index contributed by atoms with van der Waals surface area (Å²) in [6.45, 7) is 3.81. The lowest BCUT2D eigenvalue weighted by atomic mass is 10.1. The number of Topliss-reactive ketones (excluding diaryl/α,β-unsaturated/α-hetero) is 1. The lowest BCUT2D eigenvalue weighted by Gasteiger charge is -2.14. The molecule has 0 spiro atoms. The van der Waals surface area contributed by atoms with Gasteiger partial charge in [0.05, 0.1) is 11.5 Å². The number of ether oxygens (including phenoxy) is 2. The summed E-state index contributed by atoms with van der Waals surface area (Å²) in [5, 5.41) is 11.0. The van der Waals surface area contributed by atoms with Crippen LogP contribution in [0.2, 0.25) is 0 Å². The molecule has 0 N–H and O–H groups in total. The summed E-state index contributed by atoms with van der Waals surface area (Å²) in [5.41, 5.74) is -0.0345. The molecule has 6 nitrogen and oxygen atoms in total. The van der Waals surface area contributed by atoms with Crippen molar-refractivity contribution in [3.05, 3.63) is 64.0 Å². The predicted molar refractivity (Wildman–Crippen MR) is 85.1 cm³/mol. The van der Waals surface area contributed by atoms with Gasteiger partial charge in [-0.1, -0.05) is 0 Å². The van der Waals surface area contributed by atoms with Crippen LogP contribution in [0.3, 0.4) is 0 Å². The van der Waals surface area contributed by atoms with Crippen LogP contribution in [0.25, 0.3) is 0 Å². The molecule has 0 saturated carbocycles. The first-order valence-electron chi connectivity index (χ1n) is 7.30. The Morgan fingerprint density at radius 2 is 1.92 bits per heavy atom. The molecular formula is C17H16FNO5. The molecule has 0 saturated heterocycles. The summed E-state index contributed by atoms with van der Waals surface area (Å²) < 4.78 is 23.9. The molecule has 1 atom stereocenters. The number of carbonyl (C=O) groups is 1. The van der Waals surface area contributed by atoms with E-state index in [4.69, 9.17) is 9.47 Å². The highest BCUT2D eigenvalue weighted by Gasteiger charge is 2.22. The Labute approximate surface area is 138 Å². The van der Waals surface area contributed by atoms with Gasteiger partial charge in [-0.05, 0) is 44.2 Å². The van der Waals surface area contributed by atoms with Gasteiger partial charge in [0.25, 0.3) is 0 Å². The van der Waals surface area contributed by atoms with Crippen molar-refractivity contribution in [2.75, 3.05) is 6.61 Å².